The topological polar surface area (TPSA) is 33.7 Å². The molecule has 1 unspecified atom stereocenters. The molecule has 1 atom stereocenters. The molecule has 1 heterocycles. The normalized spacial score (nSPS) is 18.2. The zero-order chi connectivity index (χ0) is 14.9. The Bertz CT molecular complexity index is 404. The van der Waals surface area contributed by atoms with E-state index in [0.717, 1.165) is 51.6 Å². The average Bonchev–Trinajstić information content (AvgIpc) is 2.76. The zero-order valence-corrected chi connectivity index (χ0v) is 13.3. The van der Waals surface area contributed by atoms with Crippen molar-refractivity contribution < 1.29 is 9.47 Å². The average molecular weight is 292 g/mol. The number of hydrogen-bond acceptors (Lipinski definition) is 4. The Kier molecular flexibility index (Phi) is 7.00. The molecule has 2 rings (SSSR count). The molecule has 1 N–H and O–H groups in total. The SMILES string of the molecule is CCNC(CN1CCCOCC1)c1ccccc1OCC. The molecule has 1 aliphatic rings. The van der Waals surface area contributed by atoms with Crippen LogP contribution in [0, 0.1) is 0 Å². The van der Waals surface area contributed by atoms with Crippen LogP contribution < -0.4 is 10.1 Å². The van der Waals surface area contributed by atoms with Gasteiger partial charge in [0, 0.05) is 37.8 Å². The molecule has 0 radical (unpaired) electrons. The molecule has 0 spiro atoms. The van der Waals surface area contributed by atoms with Crippen LogP contribution in [0.2, 0.25) is 0 Å². The van der Waals surface area contributed by atoms with Crippen LogP contribution in [0.3, 0.4) is 0 Å². The van der Waals surface area contributed by atoms with Gasteiger partial charge in [-0.25, -0.2) is 0 Å². The van der Waals surface area contributed by atoms with Gasteiger partial charge in [-0.05, 0) is 26.0 Å². The van der Waals surface area contributed by atoms with Gasteiger partial charge in [-0.15, -0.1) is 0 Å². The van der Waals surface area contributed by atoms with E-state index in [0.29, 0.717) is 12.6 Å². The summed E-state index contributed by atoms with van der Waals surface area (Å²) in [5, 5.41) is 3.60. The van der Waals surface area contributed by atoms with E-state index in [1.54, 1.807) is 0 Å². The van der Waals surface area contributed by atoms with Crippen molar-refractivity contribution in [3.05, 3.63) is 29.8 Å². The van der Waals surface area contributed by atoms with Gasteiger partial charge in [-0.1, -0.05) is 25.1 Å². The first-order chi connectivity index (χ1) is 10.3. The summed E-state index contributed by atoms with van der Waals surface area (Å²) in [7, 11) is 0. The van der Waals surface area contributed by atoms with Crippen LogP contribution >= 0.6 is 0 Å². The highest BCUT2D eigenvalue weighted by Gasteiger charge is 2.19. The Morgan fingerprint density at radius 3 is 2.90 bits per heavy atom. The predicted molar refractivity (Wildman–Crippen MR) is 85.9 cm³/mol. The zero-order valence-electron chi connectivity index (χ0n) is 13.3. The van der Waals surface area contributed by atoms with Crippen molar-refractivity contribution in [1.29, 1.82) is 0 Å². The molecule has 1 aromatic carbocycles. The molecule has 0 aromatic heterocycles. The lowest BCUT2D eigenvalue weighted by molar-refractivity contribution is 0.139. The second-order valence-corrected chi connectivity index (χ2v) is 5.35. The highest BCUT2D eigenvalue weighted by Crippen LogP contribution is 2.26. The number of hydrogen-bond donors (Lipinski definition) is 1. The summed E-state index contributed by atoms with van der Waals surface area (Å²) in [6.45, 7) is 10.7. The lowest BCUT2D eigenvalue weighted by Crippen LogP contribution is -2.36. The fourth-order valence-electron chi connectivity index (χ4n) is 2.81. The first kappa shape index (κ1) is 16.3. The van der Waals surface area contributed by atoms with Gasteiger partial charge in [0.25, 0.3) is 0 Å². The molecule has 21 heavy (non-hydrogen) atoms. The van der Waals surface area contributed by atoms with Crippen molar-refractivity contribution in [3.8, 4) is 5.75 Å². The predicted octanol–water partition coefficient (Wildman–Crippen LogP) is 2.46. The minimum absolute atomic E-state index is 0.302. The maximum atomic E-state index is 5.79. The Balaban J connectivity index is 2.10. The third kappa shape index (κ3) is 4.99. The van der Waals surface area contributed by atoms with Crippen LogP contribution in [0.5, 0.6) is 5.75 Å². The highest BCUT2D eigenvalue weighted by atomic mass is 16.5. The second-order valence-electron chi connectivity index (χ2n) is 5.35. The summed E-state index contributed by atoms with van der Waals surface area (Å²) >= 11 is 0. The standard InChI is InChI=1S/C17H28N2O2/c1-3-18-16(14-19-10-7-12-20-13-11-19)15-8-5-6-9-17(15)21-4-2/h5-6,8-9,16,18H,3-4,7,10-14H2,1-2H3. The smallest absolute Gasteiger partial charge is 0.124 e. The third-order valence-corrected chi connectivity index (χ3v) is 3.80. The summed E-state index contributed by atoms with van der Waals surface area (Å²) in [4.78, 5) is 2.49. The van der Waals surface area contributed by atoms with Gasteiger partial charge in [0.1, 0.15) is 5.75 Å². The first-order valence-corrected chi connectivity index (χ1v) is 8.10. The van der Waals surface area contributed by atoms with Crippen molar-refractivity contribution in [2.24, 2.45) is 0 Å². The highest BCUT2D eigenvalue weighted by molar-refractivity contribution is 5.36. The Labute approximate surface area is 128 Å². The molecule has 0 saturated carbocycles. The van der Waals surface area contributed by atoms with Gasteiger partial charge in [0.15, 0.2) is 0 Å². The molecule has 1 aliphatic heterocycles. The number of nitrogens with one attached hydrogen (secondary N) is 1. The number of likely N-dealkylation sites (N-methyl/N-ethyl adjacent to an activating group) is 1. The van der Waals surface area contributed by atoms with Gasteiger partial charge in [0.2, 0.25) is 0 Å². The van der Waals surface area contributed by atoms with Gasteiger partial charge in [-0.2, -0.15) is 0 Å². The van der Waals surface area contributed by atoms with Crippen LogP contribution in [0.4, 0.5) is 0 Å². The number of benzene rings is 1. The maximum Gasteiger partial charge on any atom is 0.124 e. The molecular weight excluding hydrogens is 264 g/mol. The van der Waals surface area contributed by atoms with E-state index < -0.39 is 0 Å². The van der Waals surface area contributed by atoms with E-state index >= 15 is 0 Å². The molecule has 4 nitrogen and oxygen atoms in total. The van der Waals surface area contributed by atoms with Crippen molar-refractivity contribution in [2.75, 3.05) is 46.0 Å². The van der Waals surface area contributed by atoms with E-state index in [4.69, 9.17) is 9.47 Å². The quantitative estimate of drug-likeness (QED) is 0.837. The number of ether oxygens (including phenoxy) is 2. The Hall–Kier alpha value is -1.10. The summed E-state index contributed by atoms with van der Waals surface area (Å²) in [5.74, 6) is 0.997. The van der Waals surface area contributed by atoms with Gasteiger partial charge < -0.3 is 14.8 Å². The lowest BCUT2D eigenvalue weighted by Gasteiger charge is -2.28. The van der Waals surface area contributed by atoms with Gasteiger partial charge in [0.05, 0.1) is 13.2 Å². The Morgan fingerprint density at radius 2 is 2.10 bits per heavy atom. The lowest BCUT2D eigenvalue weighted by atomic mass is 10.0. The summed E-state index contributed by atoms with van der Waals surface area (Å²) in [5.41, 5.74) is 1.26. The van der Waals surface area contributed by atoms with E-state index in [-0.39, 0.29) is 0 Å². The maximum absolute atomic E-state index is 5.79. The molecule has 0 bridgehead atoms. The van der Waals surface area contributed by atoms with Gasteiger partial charge >= 0.3 is 0 Å². The van der Waals surface area contributed by atoms with Crippen LogP contribution in [0.15, 0.2) is 24.3 Å². The minimum atomic E-state index is 0.302. The summed E-state index contributed by atoms with van der Waals surface area (Å²) in [6.07, 6.45) is 1.12. The van der Waals surface area contributed by atoms with Crippen LogP contribution in [-0.4, -0.2) is 50.9 Å². The molecule has 1 saturated heterocycles. The minimum Gasteiger partial charge on any atom is -0.494 e. The molecule has 4 heteroatoms. The largest absolute Gasteiger partial charge is 0.494 e. The summed E-state index contributed by atoms with van der Waals surface area (Å²) in [6, 6.07) is 8.67. The number of nitrogens with zero attached hydrogens (tertiary/aromatic N) is 1. The number of para-hydroxylation sites is 1. The Morgan fingerprint density at radius 1 is 1.24 bits per heavy atom. The van der Waals surface area contributed by atoms with Crippen molar-refractivity contribution in [3.63, 3.8) is 0 Å². The molecule has 118 valence electrons. The first-order valence-electron chi connectivity index (χ1n) is 8.10. The monoisotopic (exact) mass is 292 g/mol. The van der Waals surface area contributed by atoms with E-state index in [2.05, 4.69) is 35.3 Å². The van der Waals surface area contributed by atoms with Crippen LogP contribution in [0.25, 0.3) is 0 Å². The number of rotatable bonds is 7. The molecule has 0 amide bonds. The fourth-order valence-corrected chi connectivity index (χ4v) is 2.81. The fraction of sp³-hybridized carbons (Fsp3) is 0.647. The van der Waals surface area contributed by atoms with Gasteiger partial charge in [-0.3, -0.25) is 4.90 Å². The van der Waals surface area contributed by atoms with Crippen LogP contribution in [-0.2, 0) is 4.74 Å². The summed E-state index contributed by atoms with van der Waals surface area (Å²) < 4.78 is 11.3. The van der Waals surface area contributed by atoms with Crippen molar-refractivity contribution >= 4 is 0 Å². The second kappa shape index (κ2) is 9.03. The van der Waals surface area contributed by atoms with E-state index in [9.17, 15) is 0 Å². The molecule has 0 aliphatic carbocycles. The van der Waals surface area contributed by atoms with E-state index in [1.807, 2.05) is 13.0 Å². The van der Waals surface area contributed by atoms with Crippen LogP contribution in [0.1, 0.15) is 31.9 Å². The van der Waals surface area contributed by atoms with Crippen molar-refractivity contribution in [1.82, 2.24) is 10.2 Å². The molecule has 1 fully saturated rings. The molecule has 1 aromatic rings. The van der Waals surface area contributed by atoms with E-state index in [1.165, 1.54) is 5.56 Å². The molecular formula is C17H28N2O2. The third-order valence-electron chi connectivity index (χ3n) is 3.80. The van der Waals surface area contributed by atoms with Crippen molar-refractivity contribution in [2.45, 2.75) is 26.3 Å².